The zero-order valence-electron chi connectivity index (χ0n) is 22.1. The third-order valence-electron chi connectivity index (χ3n) is 6.45. The number of unbranched alkanes of at least 4 members (excludes halogenated alkanes) is 1. The van der Waals surface area contributed by atoms with E-state index in [1.165, 1.54) is 12.1 Å². The van der Waals surface area contributed by atoms with Crippen LogP contribution in [0.15, 0.2) is 54.7 Å². The fourth-order valence-electron chi connectivity index (χ4n) is 4.31. The molecule has 3 aromatic rings. The predicted octanol–water partition coefficient (Wildman–Crippen LogP) is 0.285. The quantitative estimate of drug-likeness (QED) is 0.122. The third-order valence-corrected chi connectivity index (χ3v) is 6.45. The molecule has 0 fully saturated rings. The first-order valence-corrected chi connectivity index (χ1v) is 13.1. The number of H-pyrrole nitrogens is 1. The number of aromatic nitrogens is 1. The average Bonchev–Trinajstić information content (AvgIpc) is 3.34. The number of carboxylic acids is 1. The Hall–Kier alpha value is -4.42. The molecule has 0 bridgehead atoms. The van der Waals surface area contributed by atoms with E-state index in [4.69, 9.17) is 16.6 Å². The molecule has 2 aromatic carbocycles. The Labute approximate surface area is 231 Å². The first kappa shape index (κ1) is 30.1. The van der Waals surface area contributed by atoms with Crippen LogP contribution in [0, 0.1) is 0 Å². The van der Waals surface area contributed by atoms with E-state index >= 15 is 0 Å². The van der Waals surface area contributed by atoms with Gasteiger partial charge in [-0.3, -0.25) is 19.2 Å². The molecule has 10 N–H and O–H groups in total. The van der Waals surface area contributed by atoms with Crippen LogP contribution in [-0.4, -0.2) is 70.1 Å². The Balaban J connectivity index is 1.75. The molecule has 0 aliphatic heterocycles. The standard InChI is InChI=1S/C28H36N6O6/c29-12-4-3-7-23(27(39)32-16-25(36)37)33-28(40)24(13-17-8-10-19(35)11-9-17)34-26(38)21(30)14-18-15-31-22-6-2-1-5-20(18)22/h1-2,5-6,8-11,15,21,23-24,31,35H,3-4,7,12-14,16,29-30H2,(H,32,39)(H,33,40)(H,34,38)(H,36,37). The minimum atomic E-state index is -1.22. The largest absolute Gasteiger partial charge is 0.508 e. The number of benzene rings is 2. The number of aromatic amines is 1. The minimum Gasteiger partial charge on any atom is -0.508 e. The summed E-state index contributed by atoms with van der Waals surface area (Å²) in [7, 11) is 0. The number of aliphatic carboxylic acids is 1. The van der Waals surface area contributed by atoms with E-state index in [1.807, 2.05) is 24.3 Å². The molecule has 3 unspecified atom stereocenters. The van der Waals surface area contributed by atoms with Crippen LogP contribution in [0.25, 0.3) is 10.9 Å². The number of carbonyl (C=O) groups excluding carboxylic acids is 3. The van der Waals surface area contributed by atoms with Gasteiger partial charge < -0.3 is 42.6 Å². The van der Waals surface area contributed by atoms with Crippen molar-refractivity contribution in [2.75, 3.05) is 13.1 Å². The van der Waals surface area contributed by atoms with Crippen LogP contribution >= 0.6 is 0 Å². The summed E-state index contributed by atoms with van der Waals surface area (Å²) in [5, 5.41) is 27.1. The molecule has 3 atom stereocenters. The number of phenols is 1. The molecular weight excluding hydrogens is 516 g/mol. The number of hydrogen-bond donors (Lipinski definition) is 8. The highest BCUT2D eigenvalue weighted by molar-refractivity contribution is 5.94. The van der Waals surface area contributed by atoms with Crippen molar-refractivity contribution in [3.63, 3.8) is 0 Å². The van der Waals surface area contributed by atoms with E-state index < -0.39 is 48.4 Å². The molecule has 12 nitrogen and oxygen atoms in total. The zero-order valence-corrected chi connectivity index (χ0v) is 22.1. The number of hydrogen-bond acceptors (Lipinski definition) is 7. The van der Waals surface area contributed by atoms with Crippen LogP contribution < -0.4 is 27.4 Å². The number of phenolic OH excluding ortho intramolecular Hbond substituents is 1. The van der Waals surface area contributed by atoms with E-state index in [1.54, 1.807) is 18.3 Å². The molecule has 3 rings (SSSR count). The van der Waals surface area contributed by atoms with Crippen molar-refractivity contribution in [3.05, 3.63) is 65.9 Å². The smallest absolute Gasteiger partial charge is 0.322 e. The van der Waals surface area contributed by atoms with Crippen LogP contribution in [0.4, 0.5) is 0 Å². The maximum Gasteiger partial charge on any atom is 0.322 e. The highest BCUT2D eigenvalue weighted by atomic mass is 16.4. The fraction of sp³-hybridized carbons (Fsp3) is 0.357. The highest BCUT2D eigenvalue weighted by Crippen LogP contribution is 2.19. The summed E-state index contributed by atoms with van der Waals surface area (Å²) in [5.74, 6) is -3.02. The monoisotopic (exact) mass is 552 g/mol. The molecular formula is C28H36N6O6. The van der Waals surface area contributed by atoms with Gasteiger partial charge in [-0.05, 0) is 61.6 Å². The van der Waals surface area contributed by atoms with E-state index in [0.29, 0.717) is 24.9 Å². The third kappa shape index (κ3) is 8.82. The van der Waals surface area contributed by atoms with E-state index in [0.717, 1.165) is 16.5 Å². The van der Waals surface area contributed by atoms with Crippen molar-refractivity contribution >= 4 is 34.6 Å². The van der Waals surface area contributed by atoms with Gasteiger partial charge in [-0.15, -0.1) is 0 Å². The normalized spacial score (nSPS) is 13.2. The van der Waals surface area contributed by atoms with E-state index in [-0.39, 0.29) is 25.0 Å². The van der Waals surface area contributed by atoms with Crippen molar-refractivity contribution in [2.24, 2.45) is 11.5 Å². The fourth-order valence-corrected chi connectivity index (χ4v) is 4.31. The lowest BCUT2D eigenvalue weighted by molar-refractivity contribution is -0.138. The van der Waals surface area contributed by atoms with Crippen LogP contribution in [-0.2, 0) is 32.0 Å². The highest BCUT2D eigenvalue weighted by Gasteiger charge is 2.29. The maximum absolute atomic E-state index is 13.4. The van der Waals surface area contributed by atoms with E-state index in [9.17, 15) is 24.3 Å². The van der Waals surface area contributed by atoms with Crippen molar-refractivity contribution in [3.8, 4) is 5.75 Å². The maximum atomic E-state index is 13.4. The minimum absolute atomic E-state index is 0.0459. The van der Waals surface area contributed by atoms with Crippen molar-refractivity contribution in [1.82, 2.24) is 20.9 Å². The molecule has 0 saturated carbocycles. The molecule has 1 aromatic heterocycles. The average molecular weight is 553 g/mol. The number of nitrogens with one attached hydrogen (secondary N) is 4. The predicted molar refractivity (Wildman–Crippen MR) is 149 cm³/mol. The zero-order chi connectivity index (χ0) is 29.1. The van der Waals surface area contributed by atoms with Crippen molar-refractivity contribution in [1.29, 1.82) is 0 Å². The summed E-state index contributed by atoms with van der Waals surface area (Å²) in [5.41, 5.74) is 14.2. The number of rotatable bonds is 15. The molecule has 0 saturated heterocycles. The summed E-state index contributed by atoms with van der Waals surface area (Å²) in [4.78, 5) is 53.3. The first-order chi connectivity index (χ1) is 19.2. The van der Waals surface area contributed by atoms with Gasteiger partial charge in [-0.1, -0.05) is 30.3 Å². The van der Waals surface area contributed by atoms with E-state index in [2.05, 4.69) is 20.9 Å². The molecule has 214 valence electrons. The number of amides is 3. The summed E-state index contributed by atoms with van der Waals surface area (Å²) in [6, 6.07) is 10.7. The molecule has 12 heteroatoms. The number of fused-ring (bicyclic) bond motifs is 1. The summed E-state index contributed by atoms with van der Waals surface area (Å²) in [6.07, 6.45) is 3.43. The summed E-state index contributed by atoms with van der Waals surface area (Å²) in [6.45, 7) is -0.205. The Morgan fingerprint density at radius 2 is 1.57 bits per heavy atom. The van der Waals surface area contributed by atoms with Gasteiger partial charge in [0.25, 0.3) is 0 Å². The van der Waals surface area contributed by atoms with Crippen molar-refractivity contribution in [2.45, 2.75) is 50.2 Å². The Morgan fingerprint density at radius 1 is 0.875 bits per heavy atom. The van der Waals surface area contributed by atoms with Gasteiger partial charge in [0, 0.05) is 23.5 Å². The molecule has 0 spiro atoms. The second kappa shape index (κ2) is 14.7. The van der Waals surface area contributed by atoms with Crippen LogP contribution in [0.3, 0.4) is 0 Å². The number of carbonyl (C=O) groups is 4. The van der Waals surface area contributed by atoms with Gasteiger partial charge in [-0.2, -0.15) is 0 Å². The molecule has 0 aliphatic rings. The van der Waals surface area contributed by atoms with Crippen LogP contribution in [0.2, 0.25) is 0 Å². The lowest BCUT2D eigenvalue weighted by Gasteiger charge is -2.24. The lowest BCUT2D eigenvalue weighted by atomic mass is 10.0. The van der Waals surface area contributed by atoms with Crippen molar-refractivity contribution < 1.29 is 29.4 Å². The second-order valence-corrected chi connectivity index (χ2v) is 9.56. The van der Waals surface area contributed by atoms with Gasteiger partial charge in [-0.25, -0.2) is 0 Å². The second-order valence-electron chi connectivity index (χ2n) is 9.56. The van der Waals surface area contributed by atoms with Gasteiger partial charge in [0.15, 0.2) is 0 Å². The molecule has 1 heterocycles. The molecule has 0 aliphatic carbocycles. The van der Waals surface area contributed by atoms with Gasteiger partial charge in [0.05, 0.1) is 6.04 Å². The SMILES string of the molecule is NCCCCC(NC(=O)C(Cc1ccc(O)cc1)NC(=O)C(N)Cc1c[nH]c2ccccc12)C(=O)NCC(=O)O. The van der Waals surface area contributed by atoms with Gasteiger partial charge in [0.2, 0.25) is 17.7 Å². The topological polar surface area (TPSA) is 213 Å². The number of carboxylic acid groups (broad SMARTS) is 1. The lowest BCUT2D eigenvalue weighted by Crippen LogP contribution is -2.56. The number of nitrogens with two attached hydrogens (primary N) is 2. The summed E-state index contributed by atoms with van der Waals surface area (Å²) < 4.78 is 0. The number of para-hydroxylation sites is 1. The molecule has 3 amide bonds. The molecule has 40 heavy (non-hydrogen) atoms. The first-order valence-electron chi connectivity index (χ1n) is 13.1. The van der Waals surface area contributed by atoms with Crippen LogP contribution in [0.1, 0.15) is 30.4 Å². The Kier molecular flexibility index (Phi) is 11.0. The van der Waals surface area contributed by atoms with Crippen LogP contribution in [0.5, 0.6) is 5.75 Å². The van der Waals surface area contributed by atoms with Gasteiger partial charge in [0.1, 0.15) is 24.4 Å². The number of aromatic hydroxyl groups is 1. The van der Waals surface area contributed by atoms with Gasteiger partial charge >= 0.3 is 5.97 Å². The molecule has 0 radical (unpaired) electrons. The summed E-state index contributed by atoms with van der Waals surface area (Å²) >= 11 is 0. The Morgan fingerprint density at radius 3 is 2.27 bits per heavy atom. The Bertz CT molecular complexity index is 1310.